The number of fused-ring (bicyclic) bond motifs is 1. The molecule has 136 valence electrons. The minimum Gasteiger partial charge on any atom is -0.461 e. The molecule has 2 aromatic heterocycles. The lowest BCUT2D eigenvalue weighted by Gasteiger charge is -2.07. The maximum Gasteiger partial charge on any atom is 0.240 e. The molecular weight excluding hydrogens is 382 g/mol. The first kappa shape index (κ1) is 17.7. The number of ketones is 1. The van der Waals surface area contributed by atoms with Gasteiger partial charge in [-0.15, -0.1) is 11.3 Å². The highest BCUT2D eigenvalue weighted by Gasteiger charge is 2.17. The lowest BCUT2D eigenvalue weighted by Crippen LogP contribution is -2.22. The highest BCUT2D eigenvalue weighted by Crippen LogP contribution is 2.22. The molecule has 2 heterocycles. The van der Waals surface area contributed by atoms with Gasteiger partial charge >= 0.3 is 0 Å². The molecule has 1 N–H and O–H groups in total. The van der Waals surface area contributed by atoms with Crippen molar-refractivity contribution in [3.63, 3.8) is 0 Å². The Labute approximate surface area is 160 Å². The average Bonchev–Trinajstić information content (AvgIpc) is 3.37. The third-order valence-electron chi connectivity index (χ3n) is 4.10. The van der Waals surface area contributed by atoms with Crippen LogP contribution in [0.15, 0.2) is 82.3 Å². The first-order chi connectivity index (χ1) is 13.0. The Bertz CT molecular complexity index is 1210. The predicted molar refractivity (Wildman–Crippen MR) is 104 cm³/mol. The van der Waals surface area contributed by atoms with Crippen molar-refractivity contribution in [3.8, 4) is 0 Å². The first-order valence-corrected chi connectivity index (χ1v) is 10.5. The predicted octanol–water partition coefficient (Wildman–Crippen LogP) is 4.20. The molecule has 0 fully saturated rings. The summed E-state index contributed by atoms with van der Waals surface area (Å²) < 4.78 is 32.9. The van der Waals surface area contributed by atoms with Gasteiger partial charge in [0, 0.05) is 11.4 Å². The third kappa shape index (κ3) is 3.71. The fourth-order valence-corrected chi connectivity index (χ4v) is 4.73. The minimum atomic E-state index is -3.65. The maximum absolute atomic E-state index is 12.6. The number of rotatable bonds is 6. The van der Waals surface area contributed by atoms with E-state index in [9.17, 15) is 13.2 Å². The van der Waals surface area contributed by atoms with Crippen LogP contribution in [0.3, 0.4) is 0 Å². The number of carbonyl (C=O) groups excluding carboxylic acids is 1. The van der Waals surface area contributed by atoms with Crippen molar-refractivity contribution in [2.75, 3.05) is 0 Å². The van der Waals surface area contributed by atoms with E-state index in [2.05, 4.69) is 4.72 Å². The smallest absolute Gasteiger partial charge is 0.240 e. The Hall–Kier alpha value is -2.74. The summed E-state index contributed by atoms with van der Waals surface area (Å²) in [7, 11) is -3.65. The number of thiophene rings is 1. The molecule has 0 bridgehead atoms. The van der Waals surface area contributed by atoms with Gasteiger partial charge in [-0.2, -0.15) is 0 Å². The van der Waals surface area contributed by atoms with Crippen LogP contribution in [0.4, 0.5) is 0 Å². The van der Waals surface area contributed by atoms with E-state index >= 15 is 0 Å². The van der Waals surface area contributed by atoms with Crippen molar-refractivity contribution in [1.29, 1.82) is 0 Å². The maximum atomic E-state index is 12.6. The van der Waals surface area contributed by atoms with E-state index in [0.717, 1.165) is 15.6 Å². The van der Waals surface area contributed by atoms with Crippen molar-refractivity contribution >= 4 is 37.9 Å². The van der Waals surface area contributed by atoms with Crippen molar-refractivity contribution in [3.05, 3.63) is 88.5 Å². The van der Waals surface area contributed by atoms with Gasteiger partial charge in [0.05, 0.1) is 16.0 Å². The summed E-state index contributed by atoms with van der Waals surface area (Å²) >= 11 is 1.24. The monoisotopic (exact) mass is 397 g/mol. The molecule has 0 atom stereocenters. The number of sulfonamides is 1. The summed E-state index contributed by atoms with van der Waals surface area (Å²) in [5, 5.41) is 1.85. The minimum absolute atomic E-state index is 0.116. The van der Waals surface area contributed by atoms with E-state index < -0.39 is 10.0 Å². The van der Waals surface area contributed by atoms with Gasteiger partial charge in [0.25, 0.3) is 0 Å². The van der Waals surface area contributed by atoms with Crippen LogP contribution < -0.4 is 4.72 Å². The van der Waals surface area contributed by atoms with Gasteiger partial charge < -0.3 is 4.42 Å². The second-order valence-electron chi connectivity index (χ2n) is 5.91. The van der Waals surface area contributed by atoms with E-state index in [-0.39, 0.29) is 23.0 Å². The lowest BCUT2D eigenvalue weighted by atomic mass is 10.1. The summed E-state index contributed by atoms with van der Waals surface area (Å²) in [4.78, 5) is 13.7. The van der Waals surface area contributed by atoms with Crippen molar-refractivity contribution in [2.24, 2.45) is 0 Å². The molecule has 27 heavy (non-hydrogen) atoms. The number of nitrogens with one attached hydrogen (secondary N) is 1. The summed E-state index contributed by atoms with van der Waals surface area (Å²) in [6.07, 6.45) is 1.44. The van der Waals surface area contributed by atoms with E-state index in [1.54, 1.807) is 42.5 Å². The number of benzene rings is 2. The zero-order valence-electron chi connectivity index (χ0n) is 14.1. The molecular formula is C20H15NO4S2. The van der Waals surface area contributed by atoms with Gasteiger partial charge in [-0.1, -0.05) is 30.3 Å². The molecule has 0 spiro atoms. The summed E-state index contributed by atoms with van der Waals surface area (Å²) in [5.74, 6) is 0.0498. The Morgan fingerprint density at radius 1 is 0.963 bits per heavy atom. The summed E-state index contributed by atoms with van der Waals surface area (Å²) in [6, 6.07) is 19.3. The largest absolute Gasteiger partial charge is 0.461 e. The number of hydrogen-bond acceptors (Lipinski definition) is 5. The number of hydrogen-bond donors (Lipinski definition) is 1. The second-order valence-corrected chi connectivity index (χ2v) is 8.84. The highest BCUT2D eigenvalue weighted by atomic mass is 32.2. The van der Waals surface area contributed by atoms with Gasteiger partial charge in [-0.3, -0.25) is 4.79 Å². The van der Waals surface area contributed by atoms with Crippen LogP contribution in [0.1, 0.15) is 20.3 Å². The van der Waals surface area contributed by atoms with Gasteiger partial charge in [-0.25, -0.2) is 13.1 Å². The standard InChI is InChI=1S/C20H15NO4S2/c22-20(18-6-3-11-25-18)19-10-8-16(26-19)13-21-27(23,24)17-9-7-14-4-1-2-5-15(14)12-17/h1-12,21H,13H2. The van der Waals surface area contributed by atoms with E-state index in [4.69, 9.17) is 4.42 Å². The van der Waals surface area contributed by atoms with Crippen LogP contribution in [-0.4, -0.2) is 14.2 Å². The number of furan rings is 1. The fraction of sp³-hybridized carbons (Fsp3) is 0.0500. The Morgan fingerprint density at radius 2 is 1.78 bits per heavy atom. The van der Waals surface area contributed by atoms with Crippen molar-refractivity contribution in [2.45, 2.75) is 11.4 Å². The first-order valence-electron chi connectivity index (χ1n) is 8.18. The molecule has 0 amide bonds. The molecule has 0 unspecified atom stereocenters. The molecule has 4 rings (SSSR count). The molecule has 0 saturated carbocycles. The van der Waals surface area contributed by atoms with Crippen molar-refractivity contribution in [1.82, 2.24) is 4.72 Å². The van der Waals surface area contributed by atoms with Crippen LogP contribution in [0.25, 0.3) is 10.8 Å². The van der Waals surface area contributed by atoms with Gasteiger partial charge in [0.15, 0.2) is 5.76 Å². The average molecular weight is 397 g/mol. The Morgan fingerprint density at radius 3 is 2.56 bits per heavy atom. The fourth-order valence-electron chi connectivity index (χ4n) is 2.71. The van der Waals surface area contributed by atoms with E-state index in [1.807, 2.05) is 24.3 Å². The zero-order valence-corrected chi connectivity index (χ0v) is 15.7. The van der Waals surface area contributed by atoms with E-state index in [0.29, 0.717) is 4.88 Å². The van der Waals surface area contributed by atoms with Gasteiger partial charge in [-0.05, 0) is 47.2 Å². The quantitative estimate of drug-likeness (QED) is 0.495. The lowest BCUT2D eigenvalue weighted by molar-refractivity contribution is 0.101. The Kier molecular flexibility index (Phi) is 4.65. The van der Waals surface area contributed by atoms with Crippen LogP contribution in [0.5, 0.6) is 0 Å². The normalized spacial score (nSPS) is 11.7. The molecule has 0 aliphatic heterocycles. The molecule has 5 nitrogen and oxygen atoms in total. The van der Waals surface area contributed by atoms with Gasteiger partial charge in [0.2, 0.25) is 15.8 Å². The molecule has 0 aliphatic rings. The Balaban J connectivity index is 1.49. The third-order valence-corrected chi connectivity index (χ3v) is 6.58. The van der Waals surface area contributed by atoms with E-state index in [1.165, 1.54) is 17.6 Å². The van der Waals surface area contributed by atoms with Crippen LogP contribution in [0.2, 0.25) is 0 Å². The summed E-state index contributed by atoms with van der Waals surface area (Å²) in [6.45, 7) is 0.116. The number of carbonyl (C=O) groups is 1. The van der Waals surface area contributed by atoms with Crippen LogP contribution in [0, 0.1) is 0 Å². The SMILES string of the molecule is O=C(c1ccco1)c1ccc(CNS(=O)(=O)c2ccc3ccccc3c2)s1. The second kappa shape index (κ2) is 7.11. The van der Waals surface area contributed by atoms with Gasteiger partial charge in [0.1, 0.15) is 0 Å². The highest BCUT2D eigenvalue weighted by molar-refractivity contribution is 7.89. The topological polar surface area (TPSA) is 76.4 Å². The van der Waals surface area contributed by atoms with Crippen molar-refractivity contribution < 1.29 is 17.6 Å². The molecule has 0 radical (unpaired) electrons. The molecule has 0 aliphatic carbocycles. The molecule has 0 saturated heterocycles. The van der Waals surface area contributed by atoms with Crippen LogP contribution in [-0.2, 0) is 16.6 Å². The van der Waals surface area contributed by atoms with Crippen LogP contribution >= 0.6 is 11.3 Å². The molecule has 2 aromatic carbocycles. The zero-order chi connectivity index (χ0) is 18.9. The molecule has 4 aromatic rings. The molecule has 7 heteroatoms. The summed E-state index contributed by atoms with van der Waals surface area (Å²) in [5.41, 5.74) is 0.